The van der Waals surface area contributed by atoms with Crippen LogP contribution in [0.25, 0.3) is 0 Å². The van der Waals surface area contributed by atoms with Crippen molar-refractivity contribution in [2.75, 3.05) is 6.54 Å². The van der Waals surface area contributed by atoms with Gasteiger partial charge in [-0.05, 0) is 17.4 Å². The van der Waals surface area contributed by atoms with Gasteiger partial charge in [-0.25, -0.2) is 9.59 Å². The van der Waals surface area contributed by atoms with E-state index in [0.717, 1.165) is 0 Å². The van der Waals surface area contributed by atoms with Crippen molar-refractivity contribution >= 4 is 12.0 Å². The summed E-state index contributed by atoms with van der Waals surface area (Å²) in [6.07, 6.45) is 0. The summed E-state index contributed by atoms with van der Waals surface area (Å²) in [5.41, 5.74) is 0.548. The van der Waals surface area contributed by atoms with Gasteiger partial charge in [-0.2, -0.15) is 0 Å². The Morgan fingerprint density at radius 2 is 1.75 bits per heavy atom. The summed E-state index contributed by atoms with van der Waals surface area (Å²) in [6.45, 7) is 6.71. The fourth-order valence-electron chi connectivity index (χ4n) is 1.60. The van der Waals surface area contributed by atoms with Crippen LogP contribution in [0.4, 0.5) is 4.79 Å². The number of nitrogens with one attached hydrogen (secondary N) is 2. The largest absolute Gasteiger partial charge is 0.479 e. The lowest BCUT2D eigenvalue weighted by Gasteiger charge is -2.19. The summed E-state index contributed by atoms with van der Waals surface area (Å²) >= 11 is 0. The molecule has 0 saturated heterocycles. The molecule has 0 aliphatic rings. The number of aliphatic carboxylic acids is 1. The second-order valence-electron chi connectivity index (χ2n) is 5.26. The molecule has 3 N–H and O–H groups in total. The lowest BCUT2D eigenvalue weighted by atomic mass is 9.98. The molecule has 2 amide bonds. The zero-order valence-electron chi connectivity index (χ0n) is 12.1. The quantitative estimate of drug-likeness (QED) is 0.747. The summed E-state index contributed by atoms with van der Waals surface area (Å²) in [7, 11) is 0. The van der Waals surface area contributed by atoms with Crippen LogP contribution in [0.1, 0.15) is 32.4 Å². The minimum atomic E-state index is -1.08. The first-order chi connectivity index (χ1) is 9.41. The van der Waals surface area contributed by atoms with Crippen LogP contribution in [-0.4, -0.2) is 23.7 Å². The molecule has 0 bridgehead atoms. The number of carbonyl (C=O) groups excluding carboxylic acids is 1. The zero-order valence-corrected chi connectivity index (χ0v) is 12.1. The third-order valence-corrected chi connectivity index (χ3v) is 3.38. The van der Waals surface area contributed by atoms with Gasteiger partial charge in [0.2, 0.25) is 0 Å². The maximum atomic E-state index is 11.8. The van der Waals surface area contributed by atoms with Crippen LogP contribution < -0.4 is 10.6 Å². The molecule has 20 heavy (non-hydrogen) atoms. The van der Waals surface area contributed by atoms with Crippen molar-refractivity contribution in [2.24, 2.45) is 11.8 Å². The maximum absolute atomic E-state index is 11.8. The van der Waals surface area contributed by atoms with Crippen LogP contribution in [0.5, 0.6) is 0 Å². The molecule has 0 aliphatic heterocycles. The average Bonchev–Trinajstić information content (AvgIpc) is 2.42. The normalized spacial score (nSPS) is 13.6. The Morgan fingerprint density at radius 1 is 1.15 bits per heavy atom. The molecular formula is C15H22N2O3. The highest BCUT2D eigenvalue weighted by Crippen LogP contribution is 2.12. The van der Waals surface area contributed by atoms with Gasteiger partial charge < -0.3 is 15.7 Å². The number of carboxylic acids is 1. The lowest BCUT2D eigenvalue weighted by molar-refractivity contribution is -0.139. The fourth-order valence-corrected chi connectivity index (χ4v) is 1.60. The summed E-state index contributed by atoms with van der Waals surface area (Å²) in [5.74, 6) is -0.288. The van der Waals surface area contributed by atoms with Crippen LogP contribution in [0.15, 0.2) is 30.3 Å². The molecule has 0 saturated carbocycles. The molecule has 0 radical (unpaired) electrons. The number of benzene rings is 1. The highest BCUT2D eigenvalue weighted by molar-refractivity contribution is 5.83. The number of carboxylic acid groups (broad SMARTS) is 1. The van der Waals surface area contributed by atoms with Gasteiger partial charge >= 0.3 is 12.0 Å². The molecule has 1 aromatic rings. The fraction of sp³-hybridized carbons (Fsp3) is 0.467. The number of rotatable bonds is 6. The van der Waals surface area contributed by atoms with Crippen molar-refractivity contribution in [1.29, 1.82) is 0 Å². The zero-order chi connectivity index (χ0) is 15.1. The van der Waals surface area contributed by atoms with Gasteiger partial charge in [0.05, 0.1) is 0 Å². The Balaban J connectivity index is 2.59. The molecule has 1 rings (SSSR count). The van der Waals surface area contributed by atoms with Gasteiger partial charge in [0.15, 0.2) is 6.04 Å². The minimum absolute atomic E-state index is 0.334. The second-order valence-corrected chi connectivity index (χ2v) is 5.26. The van der Waals surface area contributed by atoms with E-state index in [-0.39, 0.29) is 0 Å². The van der Waals surface area contributed by atoms with E-state index in [1.807, 2.05) is 6.92 Å². The Kier molecular flexibility index (Phi) is 6.03. The van der Waals surface area contributed by atoms with E-state index in [9.17, 15) is 14.7 Å². The monoisotopic (exact) mass is 278 g/mol. The predicted molar refractivity (Wildman–Crippen MR) is 77.4 cm³/mol. The van der Waals surface area contributed by atoms with Crippen molar-refractivity contribution in [3.05, 3.63) is 35.9 Å². The first kappa shape index (κ1) is 16.0. The Hall–Kier alpha value is -2.04. The SMILES string of the molecule is CC(C)C(C)CNC(=O)N[C@@H](C(=O)O)c1ccccc1. The van der Waals surface area contributed by atoms with Crippen LogP contribution in [0.2, 0.25) is 0 Å². The van der Waals surface area contributed by atoms with Crippen LogP contribution >= 0.6 is 0 Å². The predicted octanol–water partition coefficient (Wildman–Crippen LogP) is 2.40. The smallest absolute Gasteiger partial charge is 0.330 e. The van der Waals surface area contributed by atoms with E-state index in [4.69, 9.17) is 0 Å². The first-order valence-corrected chi connectivity index (χ1v) is 6.74. The van der Waals surface area contributed by atoms with Crippen molar-refractivity contribution in [3.8, 4) is 0 Å². The van der Waals surface area contributed by atoms with E-state index >= 15 is 0 Å². The van der Waals surface area contributed by atoms with E-state index < -0.39 is 18.0 Å². The van der Waals surface area contributed by atoms with Gasteiger partial charge in [-0.1, -0.05) is 51.1 Å². The van der Waals surface area contributed by atoms with E-state index in [2.05, 4.69) is 24.5 Å². The minimum Gasteiger partial charge on any atom is -0.479 e. The van der Waals surface area contributed by atoms with Gasteiger partial charge in [0.25, 0.3) is 0 Å². The molecule has 1 unspecified atom stereocenters. The molecule has 0 aromatic heterocycles. The molecule has 110 valence electrons. The molecule has 5 nitrogen and oxygen atoms in total. The highest BCUT2D eigenvalue weighted by Gasteiger charge is 2.21. The van der Waals surface area contributed by atoms with Gasteiger partial charge in [-0.3, -0.25) is 0 Å². The number of amides is 2. The van der Waals surface area contributed by atoms with E-state index in [1.54, 1.807) is 30.3 Å². The summed E-state index contributed by atoms with van der Waals surface area (Å²) in [5, 5.41) is 14.4. The van der Waals surface area contributed by atoms with Gasteiger partial charge in [0, 0.05) is 6.54 Å². The standard InChI is InChI=1S/C15H22N2O3/c1-10(2)11(3)9-16-15(20)17-13(14(18)19)12-7-5-4-6-8-12/h4-8,10-11,13H,9H2,1-3H3,(H,18,19)(H2,16,17,20)/t11?,13-/m1/s1. The molecular weight excluding hydrogens is 256 g/mol. The summed E-state index contributed by atoms with van der Waals surface area (Å²) < 4.78 is 0. The average molecular weight is 278 g/mol. The Labute approximate surface area is 119 Å². The number of carbonyl (C=O) groups is 2. The molecule has 1 aromatic carbocycles. The second kappa shape index (κ2) is 7.53. The third kappa shape index (κ3) is 4.91. The molecule has 0 fully saturated rings. The van der Waals surface area contributed by atoms with Crippen molar-refractivity contribution < 1.29 is 14.7 Å². The van der Waals surface area contributed by atoms with Gasteiger partial charge in [0.1, 0.15) is 0 Å². The van der Waals surface area contributed by atoms with Crippen LogP contribution in [0, 0.1) is 11.8 Å². The molecule has 5 heteroatoms. The first-order valence-electron chi connectivity index (χ1n) is 6.74. The molecule has 2 atom stereocenters. The Morgan fingerprint density at radius 3 is 2.25 bits per heavy atom. The molecule has 0 spiro atoms. The highest BCUT2D eigenvalue weighted by atomic mass is 16.4. The van der Waals surface area contributed by atoms with E-state index in [1.165, 1.54) is 0 Å². The third-order valence-electron chi connectivity index (χ3n) is 3.38. The van der Waals surface area contributed by atoms with E-state index in [0.29, 0.717) is 23.9 Å². The maximum Gasteiger partial charge on any atom is 0.330 e. The van der Waals surface area contributed by atoms with Crippen LogP contribution in [-0.2, 0) is 4.79 Å². The topological polar surface area (TPSA) is 78.4 Å². The van der Waals surface area contributed by atoms with Crippen molar-refractivity contribution in [2.45, 2.75) is 26.8 Å². The van der Waals surface area contributed by atoms with Crippen LogP contribution in [0.3, 0.4) is 0 Å². The molecule has 0 heterocycles. The number of urea groups is 1. The number of hydrogen-bond acceptors (Lipinski definition) is 2. The summed E-state index contributed by atoms with van der Waals surface area (Å²) in [6, 6.07) is 7.13. The van der Waals surface area contributed by atoms with Gasteiger partial charge in [-0.15, -0.1) is 0 Å². The van der Waals surface area contributed by atoms with Crippen molar-refractivity contribution in [3.63, 3.8) is 0 Å². The molecule has 0 aliphatic carbocycles. The Bertz CT molecular complexity index is 446. The number of hydrogen-bond donors (Lipinski definition) is 3. The lowest BCUT2D eigenvalue weighted by Crippen LogP contribution is -2.42. The van der Waals surface area contributed by atoms with Crippen molar-refractivity contribution in [1.82, 2.24) is 10.6 Å². The summed E-state index contributed by atoms with van der Waals surface area (Å²) in [4.78, 5) is 23.0.